The third kappa shape index (κ3) is 5.18. The summed E-state index contributed by atoms with van der Waals surface area (Å²) in [5.74, 6) is -1.42. The molecule has 2 fully saturated rings. The first-order valence-electron chi connectivity index (χ1n) is 11.8. The van der Waals surface area contributed by atoms with E-state index in [1.165, 1.54) is 17.2 Å². The second-order valence-corrected chi connectivity index (χ2v) is 10.0. The van der Waals surface area contributed by atoms with E-state index in [4.69, 9.17) is 14.2 Å². The second kappa shape index (κ2) is 9.36. The number of benzene rings is 1. The molecule has 4 rings (SSSR count). The summed E-state index contributed by atoms with van der Waals surface area (Å²) in [7, 11) is 0. The Morgan fingerprint density at radius 1 is 1.23 bits per heavy atom. The fourth-order valence-electron chi connectivity index (χ4n) is 4.27. The molecule has 1 aromatic carbocycles. The Morgan fingerprint density at radius 3 is 2.57 bits per heavy atom. The zero-order valence-electron chi connectivity index (χ0n) is 20.6. The summed E-state index contributed by atoms with van der Waals surface area (Å²) >= 11 is 0. The van der Waals surface area contributed by atoms with Crippen LogP contribution < -0.4 is 10.2 Å². The molecule has 1 saturated heterocycles. The molecular formula is C26H31FN2O6. The van der Waals surface area contributed by atoms with E-state index in [2.05, 4.69) is 6.58 Å². The average Bonchev–Trinajstić information content (AvgIpc) is 3.54. The highest BCUT2D eigenvalue weighted by Gasteiger charge is 2.35. The molecule has 2 heterocycles. The number of halogens is 1. The summed E-state index contributed by atoms with van der Waals surface area (Å²) in [6, 6.07) is 2.16. The largest absolute Gasteiger partial charge is 0.486 e. The molecule has 1 aliphatic heterocycles. The molecule has 9 heteroatoms. The van der Waals surface area contributed by atoms with E-state index < -0.39 is 35.0 Å². The average molecular weight is 487 g/mol. The van der Waals surface area contributed by atoms with Gasteiger partial charge in [-0.2, -0.15) is 0 Å². The molecule has 188 valence electrons. The first kappa shape index (κ1) is 24.8. The van der Waals surface area contributed by atoms with Gasteiger partial charge in [0.25, 0.3) is 0 Å². The summed E-state index contributed by atoms with van der Waals surface area (Å²) in [4.78, 5) is 39.7. The van der Waals surface area contributed by atoms with Crippen LogP contribution in [0.2, 0.25) is 0 Å². The van der Waals surface area contributed by atoms with Gasteiger partial charge in [-0.3, -0.25) is 9.69 Å². The number of nitrogens with zero attached hydrogens (tertiary/aromatic N) is 2. The first-order valence-corrected chi connectivity index (χ1v) is 11.8. The fourth-order valence-corrected chi connectivity index (χ4v) is 4.27. The van der Waals surface area contributed by atoms with E-state index in [1.54, 1.807) is 32.3 Å². The molecule has 1 aliphatic carbocycles. The van der Waals surface area contributed by atoms with Crippen LogP contribution in [0, 0.1) is 5.82 Å². The van der Waals surface area contributed by atoms with Crippen molar-refractivity contribution in [3.63, 3.8) is 0 Å². The Morgan fingerprint density at radius 2 is 1.94 bits per heavy atom. The predicted octanol–water partition coefficient (Wildman–Crippen LogP) is 4.60. The summed E-state index contributed by atoms with van der Waals surface area (Å²) in [6.45, 7) is 11.5. The number of fused-ring (bicyclic) bond motifs is 1. The maximum atomic E-state index is 15.1. The Bertz CT molecular complexity index is 1240. The number of likely N-dealkylation sites (tertiary alicyclic amines) is 1. The van der Waals surface area contributed by atoms with Gasteiger partial charge in [-0.1, -0.05) is 12.2 Å². The quantitative estimate of drug-likeness (QED) is 0.438. The van der Waals surface area contributed by atoms with Crippen LogP contribution in [0.15, 0.2) is 35.3 Å². The van der Waals surface area contributed by atoms with Crippen LogP contribution in [0.3, 0.4) is 0 Å². The number of hydrogen-bond acceptors (Lipinski definition) is 6. The highest BCUT2D eigenvalue weighted by Crippen LogP contribution is 2.40. The highest BCUT2D eigenvalue weighted by atomic mass is 19.1. The van der Waals surface area contributed by atoms with Gasteiger partial charge in [-0.25, -0.2) is 14.0 Å². The first-order chi connectivity index (χ1) is 16.5. The Balaban J connectivity index is 1.69. The molecule has 0 N–H and O–H groups in total. The van der Waals surface area contributed by atoms with Crippen molar-refractivity contribution >= 4 is 23.0 Å². The molecule has 8 nitrogen and oxygen atoms in total. The van der Waals surface area contributed by atoms with Crippen molar-refractivity contribution in [1.82, 2.24) is 9.47 Å². The van der Waals surface area contributed by atoms with Gasteiger partial charge < -0.3 is 18.8 Å². The minimum atomic E-state index is -0.710. The van der Waals surface area contributed by atoms with E-state index >= 15 is 4.39 Å². The van der Waals surface area contributed by atoms with Crippen molar-refractivity contribution in [1.29, 1.82) is 0 Å². The molecule has 1 aromatic heterocycles. The van der Waals surface area contributed by atoms with Gasteiger partial charge >= 0.3 is 12.1 Å². The van der Waals surface area contributed by atoms with E-state index in [0.717, 1.165) is 24.5 Å². The topological polar surface area (TPSA) is 87.1 Å². The molecule has 0 unspecified atom stereocenters. The van der Waals surface area contributed by atoms with Crippen molar-refractivity contribution in [3.8, 4) is 5.75 Å². The van der Waals surface area contributed by atoms with Crippen molar-refractivity contribution in [2.45, 2.75) is 64.6 Å². The highest BCUT2D eigenvalue weighted by molar-refractivity contribution is 5.95. The Hall–Kier alpha value is -3.36. The van der Waals surface area contributed by atoms with E-state index in [0.29, 0.717) is 18.5 Å². The summed E-state index contributed by atoms with van der Waals surface area (Å²) < 4.78 is 33.3. The lowest BCUT2D eigenvalue weighted by Gasteiger charge is -2.28. The van der Waals surface area contributed by atoms with Crippen LogP contribution in [-0.2, 0) is 9.47 Å². The number of amides is 1. The molecule has 1 atom stereocenters. The summed E-state index contributed by atoms with van der Waals surface area (Å²) in [5.41, 5.74) is -0.148. The molecule has 2 aromatic rings. The number of aromatic nitrogens is 1. The molecule has 1 amide bonds. The lowest BCUT2D eigenvalue weighted by molar-refractivity contribution is 0.0189. The SMILES string of the molecule is C=C1C[C@@H](COc2c(F)ccc3c(=O)c(C(=O)OCC)cn(C4CC4)c23)N(C(=O)OC(C)(C)C)C1. The predicted molar refractivity (Wildman–Crippen MR) is 128 cm³/mol. The molecule has 35 heavy (non-hydrogen) atoms. The zero-order chi connectivity index (χ0) is 25.5. The maximum Gasteiger partial charge on any atom is 0.410 e. The maximum absolute atomic E-state index is 15.1. The third-order valence-electron chi connectivity index (χ3n) is 5.94. The number of rotatable bonds is 6. The normalized spacial score (nSPS) is 18.1. The number of carbonyl (C=O) groups excluding carboxylic acids is 2. The molecule has 2 aliphatic rings. The summed E-state index contributed by atoms with van der Waals surface area (Å²) in [6.07, 6.45) is 3.12. The number of carbonyl (C=O) groups is 2. The molecule has 1 saturated carbocycles. The van der Waals surface area contributed by atoms with Crippen molar-refractivity contribution in [3.05, 3.63) is 52.1 Å². The molecule has 0 spiro atoms. The van der Waals surface area contributed by atoms with Crippen LogP contribution in [-0.4, -0.2) is 52.9 Å². The van der Waals surface area contributed by atoms with Crippen molar-refractivity contribution in [2.24, 2.45) is 0 Å². The van der Waals surface area contributed by atoms with Crippen molar-refractivity contribution in [2.75, 3.05) is 19.8 Å². The fraction of sp³-hybridized carbons (Fsp3) is 0.500. The van der Waals surface area contributed by atoms with Gasteiger partial charge in [0, 0.05) is 18.8 Å². The summed E-state index contributed by atoms with van der Waals surface area (Å²) in [5, 5.41) is 0.179. The minimum Gasteiger partial charge on any atom is -0.486 e. The van der Waals surface area contributed by atoms with Crippen LogP contribution >= 0.6 is 0 Å². The smallest absolute Gasteiger partial charge is 0.410 e. The minimum absolute atomic E-state index is 0.00716. The lowest BCUT2D eigenvalue weighted by Crippen LogP contribution is -2.42. The van der Waals surface area contributed by atoms with Gasteiger partial charge in [0.2, 0.25) is 5.43 Å². The number of pyridine rings is 1. The zero-order valence-corrected chi connectivity index (χ0v) is 20.6. The molecular weight excluding hydrogens is 455 g/mol. The van der Waals surface area contributed by atoms with E-state index in [-0.39, 0.29) is 36.0 Å². The lowest BCUT2D eigenvalue weighted by atomic mass is 10.1. The van der Waals surface area contributed by atoms with Gasteiger partial charge in [-0.05, 0) is 59.1 Å². The van der Waals surface area contributed by atoms with Crippen LogP contribution in [0.4, 0.5) is 9.18 Å². The van der Waals surface area contributed by atoms with Gasteiger partial charge in [0.15, 0.2) is 11.6 Å². The Labute approximate surface area is 203 Å². The van der Waals surface area contributed by atoms with Crippen LogP contribution in [0.1, 0.15) is 63.4 Å². The van der Waals surface area contributed by atoms with E-state index in [9.17, 15) is 14.4 Å². The van der Waals surface area contributed by atoms with E-state index in [1.807, 2.05) is 0 Å². The molecule has 0 radical (unpaired) electrons. The van der Waals surface area contributed by atoms with Gasteiger partial charge in [-0.15, -0.1) is 0 Å². The number of esters is 1. The van der Waals surface area contributed by atoms with Gasteiger partial charge in [0.05, 0.1) is 23.6 Å². The standard InChI is InChI=1S/C26H31FN2O6/c1-6-33-24(31)19-13-28(16-7-8-16)21-18(22(19)30)9-10-20(27)23(21)34-14-17-11-15(2)12-29(17)25(32)35-26(3,4)5/h9-10,13,16-17H,2,6-8,11-12,14H2,1,3-5H3/t17-/m0/s1. The Kier molecular flexibility index (Phi) is 6.62. The van der Waals surface area contributed by atoms with Crippen LogP contribution in [0.25, 0.3) is 10.9 Å². The number of hydrogen-bond donors (Lipinski definition) is 0. The van der Waals surface area contributed by atoms with Gasteiger partial charge in [0.1, 0.15) is 17.8 Å². The third-order valence-corrected chi connectivity index (χ3v) is 5.94. The van der Waals surface area contributed by atoms with Crippen molar-refractivity contribution < 1.29 is 28.2 Å². The van der Waals surface area contributed by atoms with Crippen LogP contribution in [0.5, 0.6) is 5.75 Å². The monoisotopic (exact) mass is 486 g/mol. The second-order valence-electron chi connectivity index (χ2n) is 10.0. The molecule has 0 bridgehead atoms. The number of ether oxygens (including phenoxy) is 3.